The number of rotatable bonds is 11. The van der Waals surface area contributed by atoms with E-state index in [1.54, 1.807) is 0 Å². The Morgan fingerprint density at radius 1 is 0.960 bits per heavy atom. The second kappa shape index (κ2) is 11.1. The minimum atomic E-state index is 0.0785. The molecule has 0 aromatic heterocycles. The Kier molecular flexibility index (Phi) is 8.39. The molecule has 0 aliphatic carbocycles. The van der Waals surface area contributed by atoms with Crippen molar-refractivity contribution in [3.05, 3.63) is 60.2 Å². The molecule has 4 heteroatoms. The Morgan fingerprint density at radius 3 is 2.52 bits per heavy atom. The van der Waals surface area contributed by atoms with Crippen LogP contribution in [0.15, 0.2) is 54.6 Å². The molecule has 0 aliphatic rings. The van der Waals surface area contributed by atoms with Gasteiger partial charge in [0.2, 0.25) is 5.91 Å². The van der Waals surface area contributed by atoms with Crippen molar-refractivity contribution in [3.8, 4) is 11.5 Å². The maximum absolute atomic E-state index is 11.8. The van der Waals surface area contributed by atoms with Gasteiger partial charge in [-0.25, -0.2) is 0 Å². The monoisotopic (exact) mass is 341 g/mol. The summed E-state index contributed by atoms with van der Waals surface area (Å²) in [5, 5.41) is 2.97. The van der Waals surface area contributed by atoms with Crippen LogP contribution in [0, 0.1) is 0 Å². The highest BCUT2D eigenvalue weighted by atomic mass is 16.5. The van der Waals surface area contributed by atoms with Gasteiger partial charge in [0.25, 0.3) is 0 Å². The average molecular weight is 341 g/mol. The first-order chi connectivity index (χ1) is 12.3. The molecule has 134 valence electrons. The van der Waals surface area contributed by atoms with Gasteiger partial charge in [-0.2, -0.15) is 0 Å². The molecule has 0 fully saturated rings. The molecule has 2 aromatic carbocycles. The number of amides is 1. The molecule has 0 saturated carbocycles. The number of ether oxygens (including phenoxy) is 2. The molecule has 0 radical (unpaired) electrons. The molecule has 0 unspecified atom stereocenters. The van der Waals surface area contributed by atoms with Gasteiger partial charge >= 0.3 is 0 Å². The molecule has 2 aromatic rings. The highest BCUT2D eigenvalue weighted by Gasteiger charge is 2.04. The zero-order chi connectivity index (χ0) is 17.7. The molecule has 0 spiro atoms. The van der Waals surface area contributed by atoms with Crippen molar-refractivity contribution in [1.82, 2.24) is 5.32 Å². The second-order valence-electron chi connectivity index (χ2n) is 5.76. The van der Waals surface area contributed by atoms with Crippen LogP contribution in [0.1, 0.15) is 31.7 Å². The largest absolute Gasteiger partial charge is 0.494 e. The normalized spacial score (nSPS) is 10.3. The average Bonchev–Trinajstić information content (AvgIpc) is 2.65. The van der Waals surface area contributed by atoms with Gasteiger partial charge in [0.15, 0.2) is 0 Å². The molecule has 0 atom stereocenters. The quantitative estimate of drug-likeness (QED) is 0.629. The van der Waals surface area contributed by atoms with Gasteiger partial charge in [-0.05, 0) is 49.9 Å². The lowest BCUT2D eigenvalue weighted by molar-refractivity contribution is -0.121. The van der Waals surface area contributed by atoms with Gasteiger partial charge in [0.05, 0.1) is 13.2 Å². The Bertz CT molecular complexity index is 628. The smallest absolute Gasteiger partial charge is 0.220 e. The lowest BCUT2D eigenvalue weighted by Gasteiger charge is -2.10. The summed E-state index contributed by atoms with van der Waals surface area (Å²) < 4.78 is 11.2. The maximum atomic E-state index is 11.8. The van der Waals surface area contributed by atoms with E-state index in [2.05, 4.69) is 11.4 Å². The van der Waals surface area contributed by atoms with Gasteiger partial charge < -0.3 is 14.8 Å². The van der Waals surface area contributed by atoms with Crippen molar-refractivity contribution in [2.75, 3.05) is 19.8 Å². The van der Waals surface area contributed by atoms with Gasteiger partial charge in [-0.15, -0.1) is 0 Å². The highest BCUT2D eigenvalue weighted by Crippen LogP contribution is 2.19. The number of benzene rings is 2. The number of hydrogen-bond donors (Lipinski definition) is 1. The van der Waals surface area contributed by atoms with Crippen molar-refractivity contribution in [2.24, 2.45) is 0 Å². The maximum Gasteiger partial charge on any atom is 0.220 e. The number of carbonyl (C=O) groups excluding carboxylic acids is 1. The van der Waals surface area contributed by atoms with Gasteiger partial charge in [-0.3, -0.25) is 4.79 Å². The molecule has 4 nitrogen and oxygen atoms in total. The molecule has 0 bridgehead atoms. The van der Waals surface area contributed by atoms with Gasteiger partial charge in [0, 0.05) is 13.0 Å². The summed E-state index contributed by atoms with van der Waals surface area (Å²) in [5.41, 5.74) is 1.19. The summed E-state index contributed by atoms with van der Waals surface area (Å²) in [6, 6.07) is 17.7. The van der Waals surface area contributed by atoms with Crippen LogP contribution in [0.5, 0.6) is 11.5 Å². The second-order valence-corrected chi connectivity index (χ2v) is 5.76. The third-order valence-electron chi connectivity index (χ3n) is 3.78. The zero-order valence-corrected chi connectivity index (χ0v) is 14.9. The molecular weight excluding hydrogens is 314 g/mol. The molecule has 0 saturated heterocycles. The fourth-order valence-corrected chi connectivity index (χ4v) is 2.54. The Hall–Kier alpha value is -2.49. The number of nitrogens with one attached hydrogen (secondary N) is 1. The van der Waals surface area contributed by atoms with Crippen molar-refractivity contribution >= 4 is 5.91 Å². The highest BCUT2D eigenvalue weighted by molar-refractivity contribution is 5.75. The molecule has 1 amide bonds. The first-order valence-corrected chi connectivity index (χ1v) is 8.95. The number of carbonyl (C=O) groups is 1. The van der Waals surface area contributed by atoms with Gasteiger partial charge in [0.1, 0.15) is 11.5 Å². The van der Waals surface area contributed by atoms with Crippen LogP contribution in [0.4, 0.5) is 0 Å². The predicted octanol–water partition coefficient (Wildman–Crippen LogP) is 3.99. The van der Waals surface area contributed by atoms with E-state index in [9.17, 15) is 4.79 Å². The summed E-state index contributed by atoms with van der Waals surface area (Å²) in [6.07, 6.45) is 3.00. The van der Waals surface area contributed by atoms with Crippen LogP contribution in [0.25, 0.3) is 0 Å². The summed E-state index contributed by atoms with van der Waals surface area (Å²) >= 11 is 0. The van der Waals surface area contributed by atoms with E-state index in [0.29, 0.717) is 32.6 Å². The molecular formula is C21H27NO3. The van der Waals surface area contributed by atoms with E-state index in [0.717, 1.165) is 24.3 Å². The standard InChI is InChI=1S/C21H27NO3/c1-2-24-20-14-7-6-10-18(20)11-8-16-22-21(23)15-9-17-25-19-12-4-3-5-13-19/h3-7,10,12-14H,2,8-9,11,15-17H2,1H3,(H,22,23). The molecule has 1 N–H and O–H groups in total. The summed E-state index contributed by atoms with van der Waals surface area (Å²) in [4.78, 5) is 11.8. The van der Waals surface area contributed by atoms with Crippen molar-refractivity contribution in [1.29, 1.82) is 0 Å². The molecule has 0 heterocycles. The summed E-state index contributed by atoms with van der Waals surface area (Å²) in [6.45, 7) is 3.88. The fraction of sp³-hybridized carbons (Fsp3) is 0.381. The molecule has 25 heavy (non-hydrogen) atoms. The van der Waals surface area contributed by atoms with Crippen molar-refractivity contribution in [2.45, 2.75) is 32.6 Å². The topological polar surface area (TPSA) is 47.6 Å². The van der Waals surface area contributed by atoms with Crippen LogP contribution in [-0.4, -0.2) is 25.7 Å². The third-order valence-corrected chi connectivity index (χ3v) is 3.78. The fourth-order valence-electron chi connectivity index (χ4n) is 2.54. The SMILES string of the molecule is CCOc1ccccc1CCCNC(=O)CCCOc1ccccc1. The first kappa shape index (κ1) is 18.8. The first-order valence-electron chi connectivity index (χ1n) is 8.95. The number of aryl methyl sites for hydroxylation is 1. The lowest BCUT2D eigenvalue weighted by atomic mass is 10.1. The van der Waals surface area contributed by atoms with E-state index in [-0.39, 0.29) is 5.91 Å². The van der Waals surface area contributed by atoms with E-state index in [4.69, 9.17) is 9.47 Å². The van der Waals surface area contributed by atoms with Crippen LogP contribution in [0.2, 0.25) is 0 Å². The Balaban J connectivity index is 1.56. The third kappa shape index (κ3) is 7.29. The van der Waals surface area contributed by atoms with E-state index in [1.807, 2.05) is 55.5 Å². The van der Waals surface area contributed by atoms with Crippen LogP contribution in [0.3, 0.4) is 0 Å². The molecule has 0 aliphatic heterocycles. The van der Waals surface area contributed by atoms with Crippen molar-refractivity contribution in [3.63, 3.8) is 0 Å². The summed E-state index contributed by atoms with van der Waals surface area (Å²) in [5.74, 6) is 1.86. The minimum Gasteiger partial charge on any atom is -0.494 e. The summed E-state index contributed by atoms with van der Waals surface area (Å²) in [7, 11) is 0. The van der Waals surface area contributed by atoms with E-state index >= 15 is 0 Å². The minimum absolute atomic E-state index is 0.0785. The van der Waals surface area contributed by atoms with Crippen molar-refractivity contribution < 1.29 is 14.3 Å². The number of hydrogen-bond acceptors (Lipinski definition) is 3. The lowest BCUT2D eigenvalue weighted by Crippen LogP contribution is -2.25. The van der Waals surface area contributed by atoms with Crippen LogP contribution < -0.4 is 14.8 Å². The van der Waals surface area contributed by atoms with E-state index in [1.165, 1.54) is 5.56 Å². The number of para-hydroxylation sites is 2. The zero-order valence-electron chi connectivity index (χ0n) is 14.9. The van der Waals surface area contributed by atoms with Crippen LogP contribution >= 0.6 is 0 Å². The molecule has 2 rings (SSSR count). The van der Waals surface area contributed by atoms with E-state index < -0.39 is 0 Å². The van der Waals surface area contributed by atoms with Crippen LogP contribution in [-0.2, 0) is 11.2 Å². The Labute approximate surface area is 150 Å². The predicted molar refractivity (Wildman–Crippen MR) is 100 cm³/mol. The van der Waals surface area contributed by atoms with Gasteiger partial charge in [-0.1, -0.05) is 36.4 Å². The Morgan fingerprint density at radius 2 is 1.72 bits per heavy atom.